The second-order valence-electron chi connectivity index (χ2n) is 22.0. The molecule has 5 aromatic carbocycles. The van der Waals surface area contributed by atoms with Crippen LogP contribution in [0, 0.1) is 20.8 Å². The van der Waals surface area contributed by atoms with E-state index in [9.17, 15) is 0 Å². The van der Waals surface area contributed by atoms with E-state index in [-0.39, 0.29) is 50.8 Å². The molecule has 0 saturated carbocycles. The number of aromatic nitrogens is 2. The number of rotatable bonds is 19. The van der Waals surface area contributed by atoms with Gasteiger partial charge >= 0.3 is 0 Å². The molecule has 6 aromatic rings. The van der Waals surface area contributed by atoms with Gasteiger partial charge in [-0.2, -0.15) is 0 Å². The average Bonchev–Trinajstić information content (AvgIpc) is 3.84. The van der Waals surface area contributed by atoms with Crippen LogP contribution in [0.25, 0.3) is 5.69 Å². The molecule has 0 N–H and O–H groups in total. The molecule has 4 unspecified atom stereocenters. The molecular weight excluding hydrogens is 937 g/mol. The molecule has 4 aliphatic heterocycles. The van der Waals surface area contributed by atoms with E-state index in [1.165, 1.54) is 66.9 Å². The molecule has 10 nitrogen and oxygen atoms in total. The quantitative estimate of drug-likeness (QED) is 0.0586. The van der Waals surface area contributed by atoms with Crippen molar-refractivity contribution >= 4 is 0 Å². The van der Waals surface area contributed by atoms with Gasteiger partial charge in [-0.15, -0.1) is 0 Å². The first-order valence-corrected chi connectivity index (χ1v) is 28.7. The van der Waals surface area contributed by atoms with Gasteiger partial charge in [0.1, 0.15) is 70.6 Å². The van der Waals surface area contributed by atoms with E-state index >= 15 is 0 Å². The smallest absolute Gasteiger partial charge is 0.249 e. The highest BCUT2D eigenvalue weighted by Crippen LogP contribution is 2.56. The van der Waals surface area contributed by atoms with Crippen molar-refractivity contribution in [2.24, 2.45) is 0 Å². The van der Waals surface area contributed by atoms with Crippen LogP contribution in [-0.2, 0) is 6.54 Å². The molecule has 75 heavy (non-hydrogen) atoms. The van der Waals surface area contributed by atoms with Crippen molar-refractivity contribution in [3.05, 3.63) is 140 Å². The van der Waals surface area contributed by atoms with Gasteiger partial charge in [-0.05, 0) is 81.8 Å². The monoisotopic (exact) mass is 1020 g/mol. The zero-order valence-corrected chi connectivity index (χ0v) is 45.7. The molecule has 10 heteroatoms. The standard InChI is InChI=1S/C65H79N2O8/c1-8-12-16-20-44-48-28-49-45(21-17-13-9-2)51-30-53-47(23-19-15-11-4)55-31-54-46(22-18-14-10-3)52-29-50(44)59-33-61(52)72-39-74-64(54)56(35-66-24-25-67(36-66)63-42(6)26-41(5)27-43(63)7)65(55)75-40-73-62(53)34-60(51)71-38-69-58(49)32-57(48)68-37-70-59/h24-34,36,44-47H,8-23,35,37-40H2,1-7H3/q+1. The van der Waals surface area contributed by atoms with Crippen molar-refractivity contribution in [2.75, 3.05) is 27.2 Å². The van der Waals surface area contributed by atoms with Crippen LogP contribution in [0.1, 0.15) is 221 Å². The molecule has 0 spiro atoms. The summed E-state index contributed by atoms with van der Waals surface area (Å²) >= 11 is 0. The van der Waals surface area contributed by atoms with Crippen LogP contribution in [0.4, 0.5) is 0 Å². The minimum Gasteiger partial charge on any atom is -0.457 e. The summed E-state index contributed by atoms with van der Waals surface area (Å²) in [5.74, 6) is 6.34. The van der Waals surface area contributed by atoms with Crippen LogP contribution in [-0.4, -0.2) is 31.7 Å². The van der Waals surface area contributed by atoms with Gasteiger partial charge in [-0.25, -0.2) is 9.13 Å². The lowest BCUT2D eigenvalue weighted by Crippen LogP contribution is -2.33. The predicted octanol–water partition coefficient (Wildman–Crippen LogP) is 15.8. The maximum absolute atomic E-state index is 7.11. The number of hydrogen-bond acceptors (Lipinski definition) is 8. The molecule has 5 aliphatic rings. The fourth-order valence-electron chi connectivity index (χ4n) is 13.2. The summed E-state index contributed by atoms with van der Waals surface area (Å²) in [7, 11) is 0. The first-order chi connectivity index (χ1) is 36.8. The van der Waals surface area contributed by atoms with Crippen LogP contribution in [0.3, 0.4) is 0 Å². The van der Waals surface area contributed by atoms with Crippen LogP contribution < -0.4 is 42.5 Å². The van der Waals surface area contributed by atoms with Crippen molar-refractivity contribution in [3.8, 4) is 51.7 Å². The number of ether oxygens (including phenoxy) is 8. The Morgan fingerprint density at radius 1 is 0.413 bits per heavy atom. The molecule has 5 heterocycles. The molecule has 0 amide bonds. The Kier molecular flexibility index (Phi) is 15.3. The van der Waals surface area contributed by atoms with E-state index in [1.807, 2.05) is 0 Å². The fourth-order valence-corrected chi connectivity index (χ4v) is 13.2. The van der Waals surface area contributed by atoms with Crippen LogP contribution in [0.15, 0.2) is 73.3 Å². The summed E-state index contributed by atoms with van der Waals surface area (Å²) in [6.07, 6.45) is 23.5. The molecule has 0 fully saturated rings. The van der Waals surface area contributed by atoms with Gasteiger partial charge in [0, 0.05) is 86.4 Å². The molecular formula is C65H79N2O8+. The van der Waals surface area contributed by atoms with Gasteiger partial charge in [0.2, 0.25) is 33.5 Å². The Morgan fingerprint density at radius 2 is 0.747 bits per heavy atom. The van der Waals surface area contributed by atoms with Crippen molar-refractivity contribution in [1.82, 2.24) is 4.57 Å². The van der Waals surface area contributed by atoms with Crippen LogP contribution in [0.5, 0.6) is 46.0 Å². The molecule has 396 valence electrons. The lowest BCUT2D eigenvalue weighted by atomic mass is 9.75. The number of nitrogens with zero attached hydrogens (tertiary/aromatic N) is 2. The van der Waals surface area contributed by atoms with Crippen molar-refractivity contribution in [1.29, 1.82) is 0 Å². The van der Waals surface area contributed by atoms with Gasteiger partial charge < -0.3 is 37.9 Å². The third-order valence-corrected chi connectivity index (χ3v) is 16.8. The van der Waals surface area contributed by atoms with Crippen molar-refractivity contribution < 1.29 is 42.5 Å². The van der Waals surface area contributed by atoms with E-state index in [4.69, 9.17) is 37.9 Å². The van der Waals surface area contributed by atoms with Gasteiger partial charge in [-0.1, -0.05) is 122 Å². The number of imidazole rings is 1. The number of aryl methyl sites for hydroxylation is 3. The second kappa shape index (κ2) is 22.5. The van der Waals surface area contributed by atoms with Gasteiger partial charge in [-0.3, -0.25) is 0 Å². The summed E-state index contributed by atoms with van der Waals surface area (Å²) in [5.41, 5.74) is 15.4. The topological polar surface area (TPSA) is 82.7 Å². The van der Waals surface area contributed by atoms with Gasteiger partial charge in [0.25, 0.3) is 0 Å². The highest BCUT2D eigenvalue weighted by Gasteiger charge is 2.39. The van der Waals surface area contributed by atoms with Crippen LogP contribution in [0.2, 0.25) is 0 Å². The summed E-state index contributed by atoms with van der Waals surface area (Å²) in [6, 6.07) is 20.8. The Bertz CT molecular complexity index is 2860. The molecule has 11 rings (SSSR count). The lowest BCUT2D eigenvalue weighted by Gasteiger charge is -2.35. The van der Waals surface area contributed by atoms with E-state index in [2.05, 4.69) is 131 Å². The highest BCUT2D eigenvalue weighted by molar-refractivity contribution is 5.66. The Hall–Kier alpha value is -6.29. The SMILES string of the molecule is CCCCCC1c2cc3c4cc2OCOc2cc5c(cc21)C(CCCCC)c1cc2c(c(C[n+]6ccn(-c7c(C)cc(C)cc7C)c6)c1OCO5)OCOc1cc(c(cc1C2CCCCC)C3CCCCC)OCO4. The van der Waals surface area contributed by atoms with E-state index in [0.29, 0.717) is 6.54 Å². The summed E-state index contributed by atoms with van der Waals surface area (Å²) < 4.78 is 59.3. The van der Waals surface area contributed by atoms with Crippen LogP contribution >= 0.6 is 0 Å². The first-order valence-electron chi connectivity index (χ1n) is 28.7. The number of hydrogen-bond donors (Lipinski definition) is 0. The Balaban J connectivity index is 1.22. The third-order valence-electron chi connectivity index (χ3n) is 16.8. The summed E-state index contributed by atoms with van der Waals surface area (Å²) in [6.45, 7) is 16.4. The minimum absolute atomic E-state index is 0.0109. The Labute approximate surface area is 445 Å². The lowest BCUT2D eigenvalue weighted by molar-refractivity contribution is -0.687. The molecule has 0 saturated heterocycles. The summed E-state index contributed by atoms with van der Waals surface area (Å²) in [5, 5.41) is 0. The highest BCUT2D eigenvalue weighted by atomic mass is 16.7. The summed E-state index contributed by atoms with van der Waals surface area (Å²) in [4.78, 5) is 0. The minimum atomic E-state index is -0.0577. The zero-order chi connectivity index (χ0) is 51.6. The molecule has 8 bridgehead atoms. The molecule has 1 aromatic heterocycles. The predicted molar refractivity (Wildman–Crippen MR) is 293 cm³/mol. The zero-order valence-electron chi connectivity index (χ0n) is 45.7. The molecule has 1 aliphatic carbocycles. The second-order valence-corrected chi connectivity index (χ2v) is 22.0. The van der Waals surface area contributed by atoms with E-state index in [1.54, 1.807) is 0 Å². The van der Waals surface area contributed by atoms with Gasteiger partial charge in [0.05, 0.1) is 5.56 Å². The Morgan fingerprint density at radius 3 is 1.11 bits per heavy atom. The van der Waals surface area contributed by atoms with E-state index in [0.717, 1.165) is 154 Å². The fraction of sp³-hybridized carbons (Fsp3) is 0.492. The van der Waals surface area contributed by atoms with Crippen molar-refractivity contribution in [3.63, 3.8) is 0 Å². The number of benzene rings is 5. The molecule has 0 radical (unpaired) electrons. The maximum atomic E-state index is 7.11. The average molecular weight is 1020 g/mol. The number of unbranched alkanes of at least 4 members (excludes halogenated alkanes) is 8. The van der Waals surface area contributed by atoms with Gasteiger partial charge in [0.15, 0.2) is 0 Å². The van der Waals surface area contributed by atoms with E-state index < -0.39 is 0 Å². The third kappa shape index (κ3) is 10.0. The maximum Gasteiger partial charge on any atom is 0.249 e. The normalized spacial score (nSPS) is 18.5. The molecule has 4 atom stereocenters. The first kappa shape index (κ1) is 50.8. The van der Waals surface area contributed by atoms with Crippen molar-refractivity contribution in [2.45, 2.75) is 181 Å². The largest absolute Gasteiger partial charge is 0.457 e.